The number of hydrogen-bond acceptors (Lipinski definition) is 7. The van der Waals surface area contributed by atoms with E-state index in [4.69, 9.17) is 4.74 Å². The number of pyridine rings is 2. The molecule has 0 aliphatic heterocycles. The molecule has 0 radical (unpaired) electrons. The molecule has 0 bridgehead atoms. The van der Waals surface area contributed by atoms with Crippen molar-refractivity contribution in [1.82, 2.24) is 9.97 Å². The van der Waals surface area contributed by atoms with Crippen LogP contribution >= 0.6 is 0 Å². The van der Waals surface area contributed by atoms with Crippen LogP contribution in [0.15, 0.2) is 102 Å². The Morgan fingerprint density at radius 3 is 2.23 bits per heavy atom. The van der Waals surface area contributed by atoms with Gasteiger partial charge in [0.1, 0.15) is 21.3 Å². The number of hydrogen-bond donors (Lipinski definition) is 0. The van der Waals surface area contributed by atoms with Crippen molar-refractivity contribution < 1.29 is 21.6 Å². The first-order valence-electron chi connectivity index (χ1n) is 12.6. The Morgan fingerprint density at radius 2 is 1.52 bits per heavy atom. The molecule has 0 amide bonds. The lowest BCUT2D eigenvalue weighted by Gasteiger charge is -2.15. The van der Waals surface area contributed by atoms with E-state index in [0.717, 1.165) is 45.0 Å². The number of benzene rings is 3. The summed E-state index contributed by atoms with van der Waals surface area (Å²) in [5.74, 6) is 1.07. The highest BCUT2D eigenvalue weighted by Gasteiger charge is 2.18. The minimum atomic E-state index is -3.31. The van der Waals surface area contributed by atoms with Crippen molar-refractivity contribution in [1.29, 1.82) is 0 Å². The van der Waals surface area contributed by atoms with Gasteiger partial charge in [-0.2, -0.15) is 0 Å². The molecule has 0 aliphatic carbocycles. The predicted octanol–water partition coefficient (Wildman–Crippen LogP) is 6.14. The van der Waals surface area contributed by atoms with Crippen molar-refractivity contribution in [3.05, 3.63) is 103 Å². The van der Waals surface area contributed by atoms with E-state index >= 15 is 0 Å². The molecule has 0 saturated heterocycles. The average molecular weight is 573 g/mol. The van der Waals surface area contributed by atoms with Crippen LogP contribution < -0.4 is 4.74 Å². The Balaban J connectivity index is 1.54. The van der Waals surface area contributed by atoms with Gasteiger partial charge in [-0.3, -0.25) is 9.97 Å². The molecule has 204 valence electrons. The molecule has 0 aliphatic rings. The van der Waals surface area contributed by atoms with Gasteiger partial charge < -0.3 is 4.74 Å². The van der Waals surface area contributed by atoms with Crippen LogP contribution in [0, 0.1) is 0 Å². The Hall–Kier alpha value is -4.08. The lowest BCUT2D eigenvalue weighted by Crippen LogP contribution is -2.18. The first-order chi connectivity index (χ1) is 19.0. The molecular formula is C31H28N2O5S2. The van der Waals surface area contributed by atoms with Crippen molar-refractivity contribution >= 4 is 30.6 Å². The molecular weight excluding hydrogens is 544 g/mol. The van der Waals surface area contributed by atoms with Gasteiger partial charge in [0, 0.05) is 47.6 Å². The number of ether oxygens (including phenoxy) is 1. The van der Waals surface area contributed by atoms with Gasteiger partial charge in [-0.1, -0.05) is 24.3 Å². The molecule has 40 heavy (non-hydrogen) atoms. The van der Waals surface area contributed by atoms with Crippen LogP contribution in [0.2, 0.25) is 0 Å². The van der Waals surface area contributed by atoms with E-state index in [-0.39, 0.29) is 4.90 Å². The molecule has 2 aromatic heterocycles. The first-order valence-corrected chi connectivity index (χ1v) is 16.4. The van der Waals surface area contributed by atoms with Crippen LogP contribution in [0.4, 0.5) is 0 Å². The standard InChI is InChI=1S/C31H28N2O5S2/c1-21(39(2,34)35)16-22-17-25-8-5-14-33-31(25)28(18-22)23-6-4-7-24(19-23)29-20-32-15-13-30(29)38-26-9-11-27(12-10-26)40(3,36)37/h4-15,17-21H,16H2,1-3H3. The second-order valence-corrected chi connectivity index (χ2v) is 14.3. The van der Waals surface area contributed by atoms with E-state index in [1.165, 1.54) is 18.4 Å². The van der Waals surface area contributed by atoms with Gasteiger partial charge in [-0.25, -0.2) is 16.8 Å². The number of sulfone groups is 2. The van der Waals surface area contributed by atoms with Crippen molar-refractivity contribution in [3.8, 4) is 33.8 Å². The SMILES string of the molecule is CC(Cc1cc(-c2cccc(-c3cnccc3Oc3ccc(S(C)(=O)=O)cc3)c2)c2ncccc2c1)S(C)(=O)=O. The van der Waals surface area contributed by atoms with Crippen LogP contribution in [-0.4, -0.2) is 44.6 Å². The first kappa shape index (κ1) is 27.5. The molecule has 0 spiro atoms. The van der Waals surface area contributed by atoms with Crippen molar-refractivity contribution in [2.75, 3.05) is 12.5 Å². The Kier molecular flexibility index (Phi) is 7.44. The third-order valence-electron chi connectivity index (χ3n) is 6.76. The molecule has 2 heterocycles. The number of aromatic nitrogens is 2. The minimum Gasteiger partial charge on any atom is -0.457 e. The molecule has 9 heteroatoms. The van der Waals surface area contributed by atoms with E-state index < -0.39 is 24.9 Å². The number of fused-ring (bicyclic) bond motifs is 1. The highest BCUT2D eigenvalue weighted by Crippen LogP contribution is 2.36. The summed E-state index contributed by atoms with van der Waals surface area (Å²) >= 11 is 0. The Bertz CT molecular complexity index is 1920. The lowest BCUT2D eigenvalue weighted by molar-refractivity contribution is 0.483. The van der Waals surface area contributed by atoms with Gasteiger partial charge in [0.15, 0.2) is 9.84 Å². The molecule has 3 aromatic carbocycles. The van der Waals surface area contributed by atoms with Crippen LogP contribution in [0.5, 0.6) is 11.5 Å². The zero-order chi connectivity index (χ0) is 28.5. The van der Waals surface area contributed by atoms with Crippen LogP contribution in [-0.2, 0) is 26.1 Å². The fraction of sp³-hybridized carbons (Fsp3) is 0.161. The minimum absolute atomic E-state index is 0.219. The van der Waals surface area contributed by atoms with Crippen LogP contribution in [0.3, 0.4) is 0 Å². The van der Waals surface area contributed by atoms with Crippen molar-refractivity contribution in [3.63, 3.8) is 0 Å². The maximum Gasteiger partial charge on any atom is 0.175 e. The van der Waals surface area contributed by atoms with E-state index in [2.05, 4.69) is 9.97 Å². The van der Waals surface area contributed by atoms with Gasteiger partial charge in [0.2, 0.25) is 0 Å². The van der Waals surface area contributed by atoms with Crippen molar-refractivity contribution in [2.45, 2.75) is 23.5 Å². The van der Waals surface area contributed by atoms with E-state index in [0.29, 0.717) is 17.9 Å². The van der Waals surface area contributed by atoms with E-state index in [1.807, 2.05) is 48.5 Å². The zero-order valence-electron chi connectivity index (χ0n) is 22.3. The summed E-state index contributed by atoms with van der Waals surface area (Å²) in [4.78, 5) is 9.15. The van der Waals surface area contributed by atoms with Crippen LogP contribution in [0.1, 0.15) is 12.5 Å². The van der Waals surface area contributed by atoms with E-state index in [9.17, 15) is 16.8 Å². The van der Waals surface area contributed by atoms with Gasteiger partial charge >= 0.3 is 0 Å². The van der Waals surface area contributed by atoms with Gasteiger partial charge in [-0.15, -0.1) is 0 Å². The molecule has 5 rings (SSSR count). The fourth-order valence-corrected chi connectivity index (χ4v) is 5.62. The third kappa shape index (κ3) is 6.05. The Morgan fingerprint density at radius 1 is 0.800 bits per heavy atom. The second kappa shape index (κ2) is 10.8. The number of nitrogens with zero attached hydrogens (tertiary/aromatic N) is 2. The Labute approximate surface area is 234 Å². The van der Waals surface area contributed by atoms with Gasteiger partial charge in [0.25, 0.3) is 0 Å². The molecule has 0 N–H and O–H groups in total. The molecule has 1 unspecified atom stereocenters. The summed E-state index contributed by atoms with van der Waals surface area (Å²) in [5.41, 5.74) is 5.19. The molecule has 7 nitrogen and oxygen atoms in total. The summed E-state index contributed by atoms with van der Waals surface area (Å²) in [6.45, 7) is 1.72. The number of rotatable bonds is 8. The quantitative estimate of drug-likeness (QED) is 0.220. The lowest BCUT2D eigenvalue weighted by atomic mass is 9.95. The summed E-state index contributed by atoms with van der Waals surface area (Å²) in [6, 6.07) is 23.8. The largest absolute Gasteiger partial charge is 0.457 e. The highest BCUT2D eigenvalue weighted by molar-refractivity contribution is 7.91. The molecule has 1 atom stereocenters. The fourth-order valence-electron chi connectivity index (χ4n) is 4.50. The molecule has 0 saturated carbocycles. The molecule has 5 aromatic rings. The summed E-state index contributed by atoms with van der Waals surface area (Å²) in [6.07, 6.45) is 7.93. The maximum atomic E-state index is 12.1. The summed E-state index contributed by atoms with van der Waals surface area (Å²) in [5, 5.41) is 0.423. The van der Waals surface area contributed by atoms with Crippen molar-refractivity contribution in [2.24, 2.45) is 0 Å². The zero-order valence-corrected chi connectivity index (χ0v) is 23.9. The monoisotopic (exact) mass is 572 g/mol. The van der Waals surface area contributed by atoms with Gasteiger partial charge in [0.05, 0.1) is 15.7 Å². The summed E-state index contributed by atoms with van der Waals surface area (Å²) in [7, 11) is -6.49. The average Bonchev–Trinajstić information content (AvgIpc) is 2.92. The predicted molar refractivity (Wildman–Crippen MR) is 158 cm³/mol. The summed E-state index contributed by atoms with van der Waals surface area (Å²) < 4.78 is 54.0. The normalized spacial score (nSPS) is 12.8. The smallest absolute Gasteiger partial charge is 0.175 e. The molecule has 0 fully saturated rings. The second-order valence-electron chi connectivity index (χ2n) is 9.86. The van der Waals surface area contributed by atoms with Gasteiger partial charge in [-0.05, 0) is 84.6 Å². The topological polar surface area (TPSA) is 103 Å². The maximum absolute atomic E-state index is 12.1. The van der Waals surface area contributed by atoms with E-state index in [1.54, 1.807) is 43.7 Å². The highest BCUT2D eigenvalue weighted by atomic mass is 32.2. The third-order valence-corrected chi connectivity index (χ3v) is 9.52. The van der Waals surface area contributed by atoms with Crippen LogP contribution in [0.25, 0.3) is 33.2 Å².